The van der Waals surface area contributed by atoms with Crippen LogP contribution >= 0.6 is 23.1 Å². The van der Waals surface area contributed by atoms with Crippen molar-refractivity contribution in [2.24, 2.45) is 0 Å². The number of methoxy groups -OCH3 is 1. The van der Waals surface area contributed by atoms with E-state index in [9.17, 15) is 14.4 Å². The molecule has 1 aromatic carbocycles. The van der Waals surface area contributed by atoms with Crippen LogP contribution in [0.4, 0.5) is 0 Å². The maximum Gasteiger partial charge on any atom is 0.307 e. The molecule has 6 nitrogen and oxygen atoms in total. The van der Waals surface area contributed by atoms with Crippen LogP contribution in [0.15, 0.2) is 40.3 Å². The first-order valence-electron chi connectivity index (χ1n) is 8.23. The molecule has 0 saturated carbocycles. The van der Waals surface area contributed by atoms with Crippen molar-refractivity contribution >= 4 is 45.1 Å². The summed E-state index contributed by atoms with van der Waals surface area (Å²) in [6, 6.07) is 8.72. The number of carbonyl (C=O) groups is 2. The molecule has 140 valence electrons. The number of ether oxygens (including phenoxy) is 1. The lowest BCUT2D eigenvalue weighted by Gasteiger charge is -2.14. The summed E-state index contributed by atoms with van der Waals surface area (Å²) in [5.74, 6) is -0.713. The number of esters is 1. The SMILES string of the molecule is COC(=O)CC(Sc1nc2sc(C)c(C)c2c(=O)[nH]1)C(=O)c1ccccc1. The van der Waals surface area contributed by atoms with Gasteiger partial charge >= 0.3 is 5.97 Å². The number of nitrogens with zero attached hydrogens (tertiary/aromatic N) is 1. The Morgan fingerprint density at radius 2 is 1.96 bits per heavy atom. The van der Waals surface area contributed by atoms with Gasteiger partial charge in [0.2, 0.25) is 0 Å². The number of aromatic amines is 1. The quantitative estimate of drug-likeness (QED) is 0.294. The van der Waals surface area contributed by atoms with Gasteiger partial charge in [0.15, 0.2) is 10.9 Å². The highest BCUT2D eigenvalue weighted by Gasteiger charge is 2.26. The maximum atomic E-state index is 12.9. The average Bonchev–Trinajstić information content (AvgIpc) is 2.95. The third-order valence-corrected chi connectivity index (χ3v) is 6.38. The van der Waals surface area contributed by atoms with Crippen LogP contribution in [0, 0.1) is 13.8 Å². The first-order chi connectivity index (χ1) is 12.9. The van der Waals surface area contributed by atoms with Crippen molar-refractivity contribution < 1.29 is 14.3 Å². The van der Waals surface area contributed by atoms with E-state index in [1.165, 1.54) is 18.4 Å². The van der Waals surface area contributed by atoms with E-state index < -0.39 is 11.2 Å². The number of aryl methyl sites for hydroxylation is 2. The summed E-state index contributed by atoms with van der Waals surface area (Å²) >= 11 is 2.51. The number of carbonyl (C=O) groups excluding carboxylic acids is 2. The Kier molecular flexibility index (Phi) is 5.76. The molecule has 0 aliphatic heterocycles. The van der Waals surface area contributed by atoms with Crippen LogP contribution in [0.3, 0.4) is 0 Å². The average molecular weight is 402 g/mol. The molecular formula is C19H18N2O4S2. The number of aromatic nitrogens is 2. The number of fused-ring (bicyclic) bond motifs is 1. The van der Waals surface area contributed by atoms with E-state index in [-0.39, 0.29) is 17.8 Å². The van der Waals surface area contributed by atoms with Crippen LogP contribution in [0.25, 0.3) is 10.2 Å². The first-order valence-corrected chi connectivity index (χ1v) is 9.93. The number of Topliss-reactive ketones (excluding diaryl/α,β-unsaturated/α-hetero) is 1. The highest BCUT2D eigenvalue weighted by Crippen LogP contribution is 2.30. The number of nitrogens with one attached hydrogen (secondary N) is 1. The Morgan fingerprint density at radius 3 is 2.63 bits per heavy atom. The second kappa shape index (κ2) is 8.06. The van der Waals surface area contributed by atoms with Gasteiger partial charge < -0.3 is 9.72 Å². The van der Waals surface area contributed by atoms with E-state index in [4.69, 9.17) is 4.74 Å². The highest BCUT2D eigenvalue weighted by atomic mass is 32.2. The lowest BCUT2D eigenvalue weighted by atomic mass is 10.1. The molecule has 1 atom stereocenters. The van der Waals surface area contributed by atoms with Crippen molar-refractivity contribution in [2.75, 3.05) is 7.11 Å². The van der Waals surface area contributed by atoms with Crippen molar-refractivity contribution in [3.63, 3.8) is 0 Å². The summed E-state index contributed by atoms with van der Waals surface area (Å²) < 4.78 is 4.72. The van der Waals surface area contributed by atoms with Crippen molar-refractivity contribution in [1.29, 1.82) is 0 Å². The highest BCUT2D eigenvalue weighted by molar-refractivity contribution is 8.00. The van der Waals surface area contributed by atoms with Gasteiger partial charge in [-0.2, -0.15) is 0 Å². The Balaban J connectivity index is 1.96. The minimum Gasteiger partial charge on any atom is -0.469 e. The zero-order chi connectivity index (χ0) is 19.6. The van der Waals surface area contributed by atoms with Crippen molar-refractivity contribution in [1.82, 2.24) is 9.97 Å². The molecule has 27 heavy (non-hydrogen) atoms. The molecule has 1 N–H and O–H groups in total. The molecule has 0 bridgehead atoms. The summed E-state index contributed by atoms with van der Waals surface area (Å²) in [5.41, 5.74) is 1.16. The number of thiophene rings is 1. The van der Waals surface area contributed by atoms with Gasteiger partial charge in [-0.3, -0.25) is 14.4 Å². The van der Waals surface area contributed by atoms with Crippen LogP contribution in [0.2, 0.25) is 0 Å². The van der Waals surface area contributed by atoms with Crippen molar-refractivity contribution in [3.8, 4) is 0 Å². The number of hydrogen-bond donors (Lipinski definition) is 1. The van der Waals surface area contributed by atoms with E-state index >= 15 is 0 Å². The molecule has 1 unspecified atom stereocenters. The fourth-order valence-corrected chi connectivity index (χ4v) is 4.75. The van der Waals surface area contributed by atoms with Gasteiger partial charge in [-0.25, -0.2) is 4.98 Å². The fourth-order valence-electron chi connectivity index (χ4n) is 2.64. The van der Waals surface area contributed by atoms with Crippen LogP contribution in [0.5, 0.6) is 0 Å². The molecule has 0 aliphatic rings. The van der Waals surface area contributed by atoms with Crippen LogP contribution in [-0.4, -0.2) is 34.1 Å². The molecule has 3 rings (SSSR count). The molecule has 0 radical (unpaired) electrons. The number of rotatable bonds is 6. The lowest BCUT2D eigenvalue weighted by molar-refractivity contribution is -0.140. The summed E-state index contributed by atoms with van der Waals surface area (Å²) in [4.78, 5) is 46.0. The molecule has 0 amide bonds. The number of ketones is 1. The summed E-state index contributed by atoms with van der Waals surface area (Å²) in [6.07, 6.45) is -0.112. The lowest BCUT2D eigenvalue weighted by Crippen LogP contribution is -2.23. The molecular weight excluding hydrogens is 384 g/mol. The van der Waals surface area contributed by atoms with E-state index in [1.54, 1.807) is 24.3 Å². The van der Waals surface area contributed by atoms with E-state index in [1.807, 2.05) is 19.9 Å². The van der Waals surface area contributed by atoms with Gasteiger partial charge in [0.25, 0.3) is 5.56 Å². The van der Waals surface area contributed by atoms with Gasteiger partial charge in [-0.05, 0) is 19.4 Å². The van der Waals surface area contributed by atoms with Crippen molar-refractivity contribution in [3.05, 3.63) is 56.7 Å². The standard InChI is InChI=1S/C19H18N2O4S2/c1-10-11(2)26-18-15(10)17(24)20-19(21-18)27-13(9-14(22)25-3)16(23)12-7-5-4-6-8-12/h4-8,13H,9H2,1-3H3,(H,20,21,24). The monoisotopic (exact) mass is 402 g/mol. The molecule has 0 fully saturated rings. The van der Waals surface area contributed by atoms with Crippen LogP contribution in [0.1, 0.15) is 27.2 Å². The predicted octanol–water partition coefficient (Wildman–Crippen LogP) is 3.51. The molecule has 0 aliphatic carbocycles. The minimum atomic E-state index is -0.748. The zero-order valence-electron chi connectivity index (χ0n) is 15.1. The van der Waals surface area contributed by atoms with Gasteiger partial charge in [0, 0.05) is 10.4 Å². The third kappa shape index (κ3) is 4.12. The largest absolute Gasteiger partial charge is 0.469 e. The van der Waals surface area contributed by atoms with Crippen LogP contribution in [-0.2, 0) is 9.53 Å². The molecule has 2 heterocycles. The molecule has 0 spiro atoms. The topological polar surface area (TPSA) is 89.1 Å². The minimum absolute atomic E-state index is 0.112. The number of benzene rings is 1. The van der Waals surface area contributed by atoms with E-state index in [0.717, 1.165) is 22.2 Å². The molecule has 8 heteroatoms. The smallest absolute Gasteiger partial charge is 0.307 e. The van der Waals surface area contributed by atoms with Crippen LogP contribution < -0.4 is 5.56 Å². The summed E-state index contributed by atoms with van der Waals surface area (Å²) in [5, 5.41) is 0.135. The molecule has 0 saturated heterocycles. The summed E-state index contributed by atoms with van der Waals surface area (Å²) in [7, 11) is 1.28. The Labute approximate surface area is 164 Å². The van der Waals surface area contributed by atoms with E-state index in [2.05, 4.69) is 9.97 Å². The van der Waals surface area contributed by atoms with Gasteiger partial charge in [0.1, 0.15) is 4.83 Å². The zero-order valence-corrected chi connectivity index (χ0v) is 16.7. The number of thioether (sulfide) groups is 1. The van der Waals surface area contributed by atoms with Gasteiger partial charge in [-0.15, -0.1) is 11.3 Å². The van der Waals surface area contributed by atoms with Crippen molar-refractivity contribution in [2.45, 2.75) is 30.7 Å². The number of hydrogen-bond acceptors (Lipinski definition) is 7. The second-order valence-electron chi connectivity index (χ2n) is 5.95. The Morgan fingerprint density at radius 1 is 1.26 bits per heavy atom. The molecule has 3 aromatic rings. The Hall–Kier alpha value is -2.45. The van der Waals surface area contributed by atoms with Gasteiger partial charge in [0.05, 0.1) is 24.2 Å². The maximum absolute atomic E-state index is 12.9. The first kappa shape index (κ1) is 19.3. The Bertz CT molecular complexity index is 1060. The fraction of sp³-hybridized carbons (Fsp3) is 0.263. The number of H-pyrrole nitrogens is 1. The molecule has 2 aromatic heterocycles. The third-order valence-electron chi connectivity index (χ3n) is 4.20. The second-order valence-corrected chi connectivity index (χ2v) is 8.35. The predicted molar refractivity (Wildman–Crippen MR) is 107 cm³/mol. The normalized spacial score (nSPS) is 12.1. The summed E-state index contributed by atoms with van der Waals surface area (Å²) in [6.45, 7) is 3.82. The van der Waals surface area contributed by atoms with Gasteiger partial charge in [-0.1, -0.05) is 42.1 Å². The van der Waals surface area contributed by atoms with E-state index in [0.29, 0.717) is 20.9 Å².